The molecule has 0 aliphatic carbocycles. The summed E-state index contributed by atoms with van der Waals surface area (Å²) in [5, 5.41) is 12.6. The number of rotatable bonds is 7. The van der Waals surface area contributed by atoms with Crippen LogP contribution in [0.4, 0.5) is 5.69 Å². The molecule has 1 fully saturated rings. The maximum absolute atomic E-state index is 9.24. The molecule has 1 unspecified atom stereocenters. The van der Waals surface area contributed by atoms with Gasteiger partial charge in [0.05, 0.1) is 6.61 Å². The van der Waals surface area contributed by atoms with Gasteiger partial charge in [-0.05, 0) is 30.5 Å². The molecule has 0 radical (unpaired) electrons. The molecule has 1 aliphatic heterocycles. The van der Waals surface area contributed by atoms with Crippen molar-refractivity contribution in [3.63, 3.8) is 0 Å². The smallest absolute Gasteiger partial charge is 0.0587 e. The first kappa shape index (κ1) is 15.3. The van der Waals surface area contributed by atoms with E-state index >= 15 is 0 Å². The van der Waals surface area contributed by atoms with Gasteiger partial charge in [0, 0.05) is 51.5 Å². The summed E-state index contributed by atoms with van der Waals surface area (Å²) in [6.45, 7) is 7.00. The summed E-state index contributed by atoms with van der Waals surface area (Å²) in [6.07, 6.45) is 1.09. The lowest BCUT2D eigenvalue weighted by Crippen LogP contribution is -2.22. The molecule has 0 saturated carbocycles. The van der Waals surface area contributed by atoms with Crippen molar-refractivity contribution in [1.82, 2.24) is 5.32 Å². The summed E-state index contributed by atoms with van der Waals surface area (Å²) in [6, 6.07) is 6.65. The van der Waals surface area contributed by atoms with Crippen molar-refractivity contribution in [2.75, 3.05) is 44.9 Å². The van der Waals surface area contributed by atoms with Crippen molar-refractivity contribution in [3.05, 3.63) is 29.3 Å². The third kappa shape index (κ3) is 3.95. The fourth-order valence-corrected chi connectivity index (χ4v) is 2.79. The van der Waals surface area contributed by atoms with Gasteiger partial charge >= 0.3 is 0 Å². The van der Waals surface area contributed by atoms with Crippen molar-refractivity contribution in [2.24, 2.45) is 5.92 Å². The molecule has 2 rings (SSSR count). The summed E-state index contributed by atoms with van der Waals surface area (Å²) in [5.41, 5.74) is 3.93. The van der Waals surface area contributed by atoms with Gasteiger partial charge in [0.2, 0.25) is 0 Å². The van der Waals surface area contributed by atoms with Gasteiger partial charge in [-0.1, -0.05) is 12.1 Å². The van der Waals surface area contributed by atoms with Gasteiger partial charge in [-0.3, -0.25) is 0 Å². The highest BCUT2D eigenvalue weighted by molar-refractivity contribution is 5.55. The van der Waals surface area contributed by atoms with E-state index in [-0.39, 0.29) is 0 Å². The summed E-state index contributed by atoms with van der Waals surface area (Å²) >= 11 is 0. The Morgan fingerprint density at radius 3 is 2.95 bits per heavy atom. The monoisotopic (exact) mass is 278 g/mol. The van der Waals surface area contributed by atoms with E-state index in [4.69, 9.17) is 4.74 Å². The number of anilines is 1. The van der Waals surface area contributed by atoms with Crippen LogP contribution in [-0.4, -0.2) is 45.1 Å². The topological polar surface area (TPSA) is 44.7 Å². The quantitative estimate of drug-likeness (QED) is 0.743. The van der Waals surface area contributed by atoms with Crippen molar-refractivity contribution >= 4 is 5.69 Å². The Morgan fingerprint density at radius 2 is 2.30 bits per heavy atom. The molecular formula is C16H26N2O2. The van der Waals surface area contributed by atoms with Gasteiger partial charge in [0.25, 0.3) is 0 Å². The molecule has 4 nitrogen and oxygen atoms in total. The van der Waals surface area contributed by atoms with E-state index in [1.165, 1.54) is 16.8 Å². The van der Waals surface area contributed by atoms with Crippen LogP contribution in [0, 0.1) is 12.8 Å². The lowest BCUT2D eigenvalue weighted by atomic mass is 10.1. The van der Waals surface area contributed by atoms with E-state index in [1.807, 2.05) is 0 Å². The number of benzene rings is 1. The SMILES string of the molecule is COCCNCc1ccc(N2CCC(CO)C2)c(C)c1. The molecule has 4 heteroatoms. The number of aliphatic hydroxyl groups excluding tert-OH is 1. The predicted molar refractivity (Wildman–Crippen MR) is 82.2 cm³/mol. The third-order valence-electron chi connectivity index (χ3n) is 3.96. The fraction of sp³-hybridized carbons (Fsp3) is 0.625. The van der Waals surface area contributed by atoms with Crippen LogP contribution in [0.1, 0.15) is 17.5 Å². The second kappa shape index (κ2) is 7.62. The Bertz CT molecular complexity index is 423. The first-order valence-corrected chi connectivity index (χ1v) is 7.39. The van der Waals surface area contributed by atoms with E-state index in [0.717, 1.165) is 39.2 Å². The largest absolute Gasteiger partial charge is 0.396 e. The minimum atomic E-state index is 0.303. The number of hydrogen-bond acceptors (Lipinski definition) is 4. The Labute approximate surface area is 121 Å². The molecule has 1 heterocycles. The zero-order chi connectivity index (χ0) is 14.4. The zero-order valence-electron chi connectivity index (χ0n) is 12.6. The van der Waals surface area contributed by atoms with Crippen molar-refractivity contribution in [2.45, 2.75) is 19.9 Å². The minimum absolute atomic E-state index is 0.303. The molecule has 1 saturated heterocycles. The van der Waals surface area contributed by atoms with Crippen LogP contribution in [0.3, 0.4) is 0 Å². The van der Waals surface area contributed by atoms with E-state index in [0.29, 0.717) is 12.5 Å². The number of aryl methyl sites for hydroxylation is 1. The van der Waals surface area contributed by atoms with Crippen LogP contribution in [-0.2, 0) is 11.3 Å². The average molecular weight is 278 g/mol. The highest BCUT2D eigenvalue weighted by Crippen LogP contribution is 2.27. The van der Waals surface area contributed by atoms with Gasteiger partial charge in [-0.15, -0.1) is 0 Å². The van der Waals surface area contributed by atoms with Crippen molar-refractivity contribution < 1.29 is 9.84 Å². The van der Waals surface area contributed by atoms with Crippen LogP contribution >= 0.6 is 0 Å². The fourth-order valence-electron chi connectivity index (χ4n) is 2.79. The normalized spacial score (nSPS) is 18.8. The lowest BCUT2D eigenvalue weighted by molar-refractivity contribution is 0.199. The van der Waals surface area contributed by atoms with E-state index in [9.17, 15) is 5.11 Å². The summed E-state index contributed by atoms with van der Waals surface area (Å²) in [4.78, 5) is 2.39. The molecular weight excluding hydrogens is 252 g/mol. The van der Waals surface area contributed by atoms with Crippen LogP contribution in [0.15, 0.2) is 18.2 Å². The first-order valence-electron chi connectivity index (χ1n) is 7.39. The van der Waals surface area contributed by atoms with Crippen LogP contribution in [0.2, 0.25) is 0 Å². The molecule has 0 spiro atoms. The highest BCUT2D eigenvalue weighted by Gasteiger charge is 2.22. The van der Waals surface area contributed by atoms with Gasteiger partial charge in [-0.2, -0.15) is 0 Å². The maximum atomic E-state index is 9.24. The Kier molecular flexibility index (Phi) is 5.83. The number of methoxy groups -OCH3 is 1. The van der Waals surface area contributed by atoms with Gasteiger partial charge < -0.3 is 20.1 Å². The van der Waals surface area contributed by atoms with Gasteiger partial charge in [0.1, 0.15) is 0 Å². The van der Waals surface area contributed by atoms with Crippen molar-refractivity contribution in [1.29, 1.82) is 0 Å². The van der Waals surface area contributed by atoms with Crippen LogP contribution < -0.4 is 10.2 Å². The molecule has 1 aliphatic rings. The number of hydrogen-bond donors (Lipinski definition) is 2. The molecule has 0 bridgehead atoms. The number of nitrogens with zero attached hydrogens (tertiary/aromatic N) is 1. The maximum Gasteiger partial charge on any atom is 0.0587 e. The molecule has 2 N–H and O–H groups in total. The minimum Gasteiger partial charge on any atom is -0.396 e. The predicted octanol–water partition coefficient (Wildman–Crippen LogP) is 1.55. The summed E-state index contributed by atoms with van der Waals surface area (Å²) < 4.78 is 5.02. The van der Waals surface area contributed by atoms with Gasteiger partial charge in [0.15, 0.2) is 0 Å². The van der Waals surface area contributed by atoms with Gasteiger partial charge in [-0.25, -0.2) is 0 Å². The first-order chi connectivity index (χ1) is 9.74. The van der Waals surface area contributed by atoms with E-state index in [1.54, 1.807) is 7.11 Å². The average Bonchev–Trinajstić information content (AvgIpc) is 2.92. The number of ether oxygens (including phenoxy) is 1. The van der Waals surface area contributed by atoms with Crippen LogP contribution in [0.5, 0.6) is 0 Å². The summed E-state index contributed by atoms with van der Waals surface area (Å²) in [7, 11) is 1.72. The highest BCUT2D eigenvalue weighted by atomic mass is 16.5. The molecule has 1 atom stereocenters. The standard InChI is InChI=1S/C16H26N2O2/c1-13-9-14(10-17-6-8-20-2)3-4-16(13)18-7-5-15(11-18)12-19/h3-4,9,15,17,19H,5-8,10-12H2,1-2H3. The van der Waals surface area contributed by atoms with Crippen LogP contribution in [0.25, 0.3) is 0 Å². The second-order valence-corrected chi connectivity index (χ2v) is 5.57. The Hall–Kier alpha value is -1.10. The third-order valence-corrected chi connectivity index (χ3v) is 3.96. The molecule has 20 heavy (non-hydrogen) atoms. The molecule has 0 aromatic heterocycles. The molecule has 112 valence electrons. The Morgan fingerprint density at radius 1 is 1.45 bits per heavy atom. The molecule has 0 amide bonds. The summed E-state index contributed by atoms with van der Waals surface area (Å²) in [5.74, 6) is 0.435. The number of aliphatic hydroxyl groups is 1. The molecule has 1 aromatic rings. The number of nitrogens with one attached hydrogen (secondary N) is 1. The molecule has 1 aromatic carbocycles. The van der Waals surface area contributed by atoms with E-state index in [2.05, 4.69) is 35.3 Å². The van der Waals surface area contributed by atoms with E-state index < -0.39 is 0 Å². The lowest BCUT2D eigenvalue weighted by Gasteiger charge is -2.21. The second-order valence-electron chi connectivity index (χ2n) is 5.57. The van der Waals surface area contributed by atoms with Crippen molar-refractivity contribution in [3.8, 4) is 0 Å². The zero-order valence-corrected chi connectivity index (χ0v) is 12.6. The Balaban J connectivity index is 1.92.